The first-order chi connectivity index (χ1) is 16.0. The highest BCUT2D eigenvalue weighted by atomic mass is 32.2. The molecule has 0 saturated carbocycles. The molecule has 0 spiro atoms. The van der Waals surface area contributed by atoms with Crippen LogP contribution in [0.4, 0.5) is 22.6 Å². The van der Waals surface area contributed by atoms with Crippen LogP contribution < -0.4 is 16.0 Å². The normalized spacial score (nSPS) is 11.4. The van der Waals surface area contributed by atoms with E-state index in [-0.39, 0.29) is 15.7 Å². The van der Waals surface area contributed by atoms with E-state index < -0.39 is 15.8 Å². The number of nitrogens with zero attached hydrogens (tertiary/aromatic N) is 4. The Bertz CT molecular complexity index is 1260. The van der Waals surface area contributed by atoms with Crippen molar-refractivity contribution in [1.29, 1.82) is 0 Å². The number of aromatic carboxylic acids is 1. The molecule has 4 N–H and O–H groups in total. The van der Waals surface area contributed by atoms with Gasteiger partial charge in [-0.25, -0.2) is 23.2 Å². The number of carboxylic acid groups (broad SMARTS) is 1. The van der Waals surface area contributed by atoms with Crippen LogP contribution in [0.5, 0.6) is 0 Å². The lowest BCUT2D eigenvalue weighted by Crippen LogP contribution is -2.22. The quantitative estimate of drug-likeness (QED) is 0.305. The summed E-state index contributed by atoms with van der Waals surface area (Å²) in [5, 5.41) is 19.2. The molecule has 34 heavy (non-hydrogen) atoms. The van der Waals surface area contributed by atoms with Crippen molar-refractivity contribution in [2.75, 3.05) is 49.4 Å². The Labute approximate surface area is 202 Å². The molecule has 2 heterocycles. The highest BCUT2D eigenvalue weighted by molar-refractivity contribution is 7.90. The Hall–Kier alpha value is -3.29. The fraction of sp³-hybridized carbons (Fsp3) is 0.333. The molecule has 0 radical (unpaired) electrons. The molecule has 0 fully saturated rings. The van der Waals surface area contributed by atoms with Crippen LogP contribution in [-0.4, -0.2) is 72.8 Å². The zero-order valence-electron chi connectivity index (χ0n) is 19.3. The molecule has 0 atom stereocenters. The van der Waals surface area contributed by atoms with Gasteiger partial charge in [-0.2, -0.15) is 4.98 Å². The molecule has 2 aromatic heterocycles. The van der Waals surface area contributed by atoms with Crippen molar-refractivity contribution >= 4 is 49.7 Å². The number of hydrogen-bond donors (Lipinski definition) is 4. The largest absolute Gasteiger partial charge is 0.477 e. The summed E-state index contributed by atoms with van der Waals surface area (Å²) in [6, 6.07) is 6.66. The van der Waals surface area contributed by atoms with Crippen LogP contribution in [0.2, 0.25) is 0 Å². The fourth-order valence-corrected chi connectivity index (χ4v) is 4.33. The Morgan fingerprint density at radius 3 is 2.44 bits per heavy atom. The van der Waals surface area contributed by atoms with E-state index in [1.54, 1.807) is 37.4 Å². The monoisotopic (exact) mass is 505 g/mol. The summed E-state index contributed by atoms with van der Waals surface area (Å²) in [6.07, 6.45) is 2.80. The standard InChI is InChI=1S/C21H27N7O4S2/c1-13-17(19(29)30)33-21(25-13)27-20-24-12-16(18(26-20)22-9-10-28(2)3)23-11-14-5-7-15(8-6-14)34(4,31)32/h5-8,12,23H,9-11H2,1-4H3,(H,29,30)(H2,22,24,25,26,27). The predicted molar refractivity (Wildman–Crippen MR) is 133 cm³/mol. The van der Waals surface area contributed by atoms with Gasteiger partial charge in [0.25, 0.3) is 0 Å². The third kappa shape index (κ3) is 6.85. The first kappa shape index (κ1) is 25.3. The zero-order chi connectivity index (χ0) is 24.9. The Morgan fingerprint density at radius 2 is 1.85 bits per heavy atom. The van der Waals surface area contributed by atoms with Gasteiger partial charge in [-0.1, -0.05) is 23.5 Å². The molecule has 0 saturated heterocycles. The highest BCUT2D eigenvalue weighted by Crippen LogP contribution is 2.27. The molecule has 0 unspecified atom stereocenters. The Morgan fingerprint density at radius 1 is 1.15 bits per heavy atom. The van der Waals surface area contributed by atoms with Gasteiger partial charge in [0.2, 0.25) is 5.95 Å². The smallest absolute Gasteiger partial charge is 0.347 e. The highest BCUT2D eigenvalue weighted by Gasteiger charge is 2.15. The predicted octanol–water partition coefficient (Wildman–Crippen LogP) is 2.67. The summed E-state index contributed by atoms with van der Waals surface area (Å²) in [7, 11) is 0.696. The maximum atomic E-state index is 11.6. The topological polar surface area (TPSA) is 149 Å². The number of carbonyl (C=O) groups is 1. The van der Waals surface area contributed by atoms with E-state index in [1.165, 1.54) is 6.26 Å². The van der Waals surface area contributed by atoms with Gasteiger partial charge in [0.05, 0.1) is 22.5 Å². The van der Waals surface area contributed by atoms with Gasteiger partial charge in [-0.15, -0.1) is 0 Å². The van der Waals surface area contributed by atoms with E-state index in [1.807, 2.05) is 19.0 Å². The van der Waals surface area contributed by atoms with Crippen molar-refractivity contribution in [3.05, 3.63) is 46.6 Å². The minimum Gasteiger partial charge on any atom is -0.477 e. The van der Waals surface area contributed by atoms with Crippen molar-refractivity contribution in [1.82, 2.24) is 19.9 Å². The van der Waals surface area contributed by atoms with Gasteiger partial charge < -0.3 is 20.6 Å². The summed E-state index contributed by atoms with van der Waals surface area (Å²) in [6.45, 7) is 3.50. The summed E-state index contributed by atoms with van der Waals surface area (Å²) >= 11 is 1.02. The molecular formula is C21H27N7O4S2. The van der Waals surface area contributed by atoms with Crippen LogP contribution in [0.3, 0.4) is 0 Å². The number of rotatable bonds is 11. The second-order valence-electron chi connectivity index (χ2n) is 7.82. The van der Waals surface area contributed by atoms with Crippen molar-refractivity contribution in [3.8, 4) is 0 Å². The maximum absolute atomic E-state index is 11.6. The molecule has 0 aliphatic carbocycles. The summed E-state index contributed by atoms with van der Waals surface area (Å²) < 4.78 is 23.3. The first-order valence-corrected chi connectivity index (χ1v) is 13.0. The molecule has 1 aromatic carbocycles. The van der Waals surface area contributed by atoms with Crippen LogP contribution >= 0.6 is 11.3 Å². The summed E-state index contributed by atoms with van der Waals surface area (Å²) in [4.78, 5) is 26.8. The first-order valence-electron chi connectivity index (χ1n) is 10.3. The second-order valence-corrected chi connectivity index (χ2v) is 10.8. The summed E-state index contributed by atoms with van der Waals surface area (Å²) in [5.41, 5.74) is 1.98. The third-order valence-corrected chi connectivity index (χ3v) is 6.87. The van der Waals surface area contributed by atoms with Crippen molar-refractivity contribution in [2.24, 2.45) is 0 Å². The van der Waals surface area contributed by atoms with Gasteiger partial charge in [0.15, 0.2) is 20.8 Å². The van der Waals surface area contributed by atoms with Gasteiger partial charge in [-0.05, 0) is 38.7 Å². The molecule has 3 aromatic rings. The molecule has 13 heteroatoms. The number of hydrogen-bond acceptors (Lipinski definition) is 11. The van der Waals surface area contributed by atoms with Gasteiger partial charge in [-0.3, -0.25) is 5.32 Å². The van der Waals surface area contributed by atoms with Gasteiger partial charge in [0, 0.05) is 25.9 Å². The zero-order valence-corrected chi connectivity index (χ0v) is 20.9. The summed E-state index contributed by atoms with van der Waals surface area (Å²) in [5.74, 6) is -0.181. The third-order valence-electron chi connectivity index (χ3n) is 4.68. The number of benzene rings is 1. The molecule has 0 amide bonds. The molecule has 0 aliphatic rings. The van der Waals surface area contributed by atoms with E-state index in [9.17, 15) is 18.3 Å². The van der Waals surface area contributed by atoms with E-state index in [4.69, 9.17) is 0 Å². The van der Waals surface area contributed by atoms with Crippen LogP contribution in [0, 0.1) is 6.92 Å². The van der Waals surface area contributed by atoms with Crippen molar-refractivity contribution in [2.45, 2.75) is 18.4 Å². The minimum atomic E-state index is -3.25. The average molecular weight is 506 g/mol. The number of aryl methyl sites for hydroxylation is 1. The van der Waals surface area contributed by atoms with E-state index >= 15 is 0 Å². The van der Waals surface area contributed by atoms with E-state index in [0.29, 0.717) is 35.4 Å². The number of carboxylic acids is 1. The van der Waals surface area contributed by atoms with Crippen molar-refractivity contribution in [3.63, 3.8) is 0 Å². The second kappa shape index (κ2) is 10.8. The molecule has 3 rings (SSSR count). The molecule has 182 valence electrons. The van der Waals surface area contributed by atoms with Gasteiger partial charge in [0.1, 0.15) is 4.88 Å². The van der Waals surface area contributed by atoms with Crippen LogP contribution in [-0.2, 0) is 16.4 Å². The Kier molecular flexibility index (Phi) is 8.02. The van der Waals surface area contributed by atoms with Crippen LogP contribution in [0.25, 0.3) is 0 Å². The number of aromatic nitrogens is 3. The maximum Gasteiger partial charge on any atom is 0.347 e. The number of nitrogens with one attached hydrogen (secondary N) is 3. The van der Waals surface area contributed by atoms with E-state index in [0.717, 1.165) is 23.4 Å². The fourth-order valence-electron chi connectivity index (χ4n) is 2.90. The minimum absolute atomic E-state index is 0.159. The number of sulfone groups is 1. The number of likely N-dealkylation sites (N-methyl/N-ethyl adjacent to an activating group) is 1. The molecule has 11 nitrogen and oxygen atoms in total. The lowest BCUT2D eigenvalue weighted by atomic mass is 10.2. The molecule has 0 aliphatic heterocycles. The SMILES string of the molecule is Cc1nc(Nc2ncc(NCc3ccc(S(C)(=O)=O)cc3)c(NCCN(C)C)n2)sc1C(=O)O. The Balaban J connectivity index is 1.77. The lowest BCUT2D eigenvalue weighted by molar-refractivity contribution is 0.0701. The van der Waals surface area contributed by atoms with Gasteiger partial charge >= 0.3 is 5.97 Å². The number of anilines is 4. The van der Waals surface area contributed by atoms with Crippen LogP contribution in [0.15, 0.2) is 35.4 Å². The van der Waals surface area contributed by atoms with Crippen LogP contribution in [0.1, 0.15) is 20.9 Å². The lowest BCUT2D eigenvalue weighted by Gasteiger charge is -2.16. The van der Waals surface area contributed by atoms with Crippen molar-refractivity contribution < 1.29 is 18.3 Å². The average Bonchev–Trinajstić information content (AvgIpc) is 3.13. The molecule has 0 bridgehead atoms. The molecular weight excluding hydrogens is 478 g/mol. The van der Waals surface area contributed by atoms with E-state index in [2.05, 4.69) is 30.9 Å². The number of thiazole rings is 1.